The lowest BCUT2D eigenvalue weighted by molar-refractivity contribution is 0.639. The fourth-order valence-electron chi connectivity index (χ4n) is 2.62. The molecule has 1 aliphatic rings. The molecule has 1 saturated heterocycles. The van der Waals surface area contributed by atoms with Crippen molar-refractivity contribution in [3.8, 4) is 6.07 Å². The molecule has 1 fully saturated rings. The van der Waals surface area contributed by atoms with Crippen LogP contribution < -0.4 is 9.80 Å². The maximum Gasteiger partial charge on any atom is 0.225 e. The van der Waals surface area contributed by atoms with Gasteiger partial charge in [-0.3, -0.25) is 0 Å². The summed E-state index contributed by atoms with van der Waals surface area (Å²) in [4.78, 5) is 13.0. The van der Waals surface area contributed by atoms with Gasteiger partial charge in [-0.1, -0.05) is 6.07 Å². The summed E-state index contributed by atoms with van der Waals surface area (Å²) >= 11 is 0. The van der Waals surface area contributed by atoms with Gasteiger partial charge in [-0.15, -0.1) is 0 Å². The van der Waals surface area contributed by atoms with Gasteiger partial charge in [-0.05, 0) is 30.7 Å². The average Bonchev–Trinajstić information content (AvgIpc) is 2.56. The summed E-state index contributed by atoms with van der Waals surface area (Å²) in [6.45, 7) is 5.48. The first-order valence-corrected chi connectivity index (χ1v) is 7.05. The van der Waals surface area contributed by atoms with Crippen molar-refractivity contribution in [2.75, 3.05) is 36.0 Å². The molecule has 0 saturated carbocycles. The van der Waals surface area contributed by atoms with E-state index >= 15 is 0 Å². The van der Waals surface area contributed by atoms with Crippen LogP contribution in [0.1, 0.15) is 11.1 Å². The van der Waals surface area contributed by atoms with E-state index in [1.54, 1.807) is 12.4 Å². The first-order valence-electron chi connectivity index (χ1n) is 7.05. The third kappa shape index (κ3) is 2.79. The zero-order valence-electron chi connectivity index (χ0n) is 12.0. The molecule has 1 aromatic carbocycles. The van der Waals surface area contributed by atoms with Crippen molar-refractivity contribution in [2.45, 2.75) is 6.92 Å². The average molecular weight is 279 g/mol. The van der Waals surface area contributed by atoms with Crippen LogP contribution in [0, 0.1) is 18.3 Å². The number of nitriles is 1. The second kappa shape index (κ2) is 5.80. The first-order chi connectivity index (χ1) is 10.3. The molecular weight excluding hydrogens is 262 g/mol. The Morgan fingerprint density at radius 2 is 1.71 bits per heavy atom. The molecule has 0 radical (unpaired) electrons. The maximum atomic E-state index is 9.30. The van der Waals surface area contributed by atoms with Gasteiger partial charge in [-0.2, -0.15) is 5.26 Å². The van der Waals surface area contributed by atoms with Gasteiger partial charge in [0.15, 0.2) is 0 Å². The molecule has 21 heavy (non-hydrogen) atoms. The van der Waals surface area contributed by atoms with Crippen molar-refractivity contribution in [2.24, 2.45) is 0 Å². The van der Waals surface area contributed by atoms with Crippen LogP contribution in [0.3, 0.4) is 0 Å². The summed E-state index contributed by atoms with van der Waals surface area (Å²) in [5.41, 5.74) is 2.89. The van der Waals surface area contributed by atoms with Crippen LogP contribution in [0.15, 0.2) is 36.7 Å². The molecule has 3 rings (SSSR count). The number of nitrogens with zero attached hydrogens (tertiary/aromatic N) is 5. The molecule has 1 aliphatic heterocycles. The molecule has 0 unspecified atom stereocenters. The van der Waals surface area contributed by atoms with Crippen molar-refractivity contribution in [1.29, 1.82) is 5.26 Å². The Morgan fingerprint density at radius 3 is 2.38 bits per heavy atom. The van der Waals surface area contributed by atoms with E-state index in [1.807, 2.05) is 25.1 Å². The zero-order valence-corrected chi connectivity index (χ0v) is 12.0. The highest BCUT2D eigenvalue weighted by molar-refractivity contribution is 5.61. The minimum absolute atomic E-state index is 0.749. The Labute approximate surface area is 124 Å². The van der Waals surface area contributed by atoms with E-state index in [1.165, 1.54) is 0 Å². The summed E-state index contributed by atoms with van der Waals surface area (Å²) in [6, 6.07) is 10.2. The highest BCUT2D eigenvalue weighted by Gasteiger charge is 2.20. The Morgan fingerprint density at radius 1 is 1.05 bits per heavy atom. The van der Waals surface area contributed by atoms with E-state index < -0.39 is 0 Å². The quantitative estimate of drug-likeness (QED) is 0.841. The van der Waals surface area contributed by atoms with Crippen LogP contribution >= 0.6 is 0 Å². The van der Waals surface area contributed by atoms with E-state index in [-0.39, 0.29) is 0 Å². The van der Waals surface area contributed by atoms with Crippen molar-refractivity contribution >= 4 is 11.6 Å². The largest absolute Gasteiger partial charge is 0.367 e. The molecule has 106 valence electrons. The smallest absolute Gasteiger partial charge is 0.225 e. The number of hydrogen-bond acceptors (Lipinski definition) is 5. The van der Waals surface area contributed by atoms with Crippen molar-refractivity contribution in [3.63, 3.8) is 0 Å². The summed E-state index contributed by atoms with van der Waals surface area (Å²) in [7, 11) is 0. The van der Waals surface area contributed by atoms with E-state index in [0.717, 1.165) is 48.9 Å². The number of anilines is 2. The zero-order chi connectivity index (χ0) is 14.7. The minimum Gasteiger partial charge on any atom is -0.367 e. The molecule has 5 nitrogen and oxygen atoms in total. The molecule has 2 heterocycles. The highest BCUT2D eigenvalue weighted by atomic mass is 15.3. The Kier molecular flexibility index (Phi) is 3.69. The normalized spacial score (nSPS) is 14.9. The lowest BCUT2D eigenvalue weighted by Crippen LogP contribution is -2.47. The lowest BCUT2D eigenvalue weighted by atomic mass is 10.1. The van der Waals surface area contributed by atoms with E-state index in [0.29, 0.717) is 0 Å². The molecule has 0 bridgehead atoms. The van der Waals surface area contributed by atoms with Crippen LogP contribution in [-0.4, -0.2) is 36.1 Å². The maximum absolute atomic E-state index is 9.30. The van der Waals surface area contributed by atoms with Gasteiger partial charge in [0.25, 0.3) is 0 Å². The first kappa shape index (κ1) is 13.4. The van der Waals surface area contributed by atoms with Gasteiger partial charge < -0.3 is 9.80 Å². The van der Waals surface area contributed by atoms with Gasteiger partial charge in [0.2, 0.25) is 5.95 Å². The van der Waals surface area contributed by atoms with Crippen LogP contribution in [0.5, 0.6) is 0 Å². The van der Waals surface area contributed by atoms with Crippen LogP contribution in [0.4, 0.5) is 11.6 Å². The van der Waals surface area contributed by atoms with Gasteiger partial charge in [-0.25, -0.2) is 9.97 Å². The summed E-state index contributed by atoms with van der Waals surface area (Å²) in [6.07, 6.45) is 3.53. The number of piperazine rings is 1. The van der Waals surface area contributed by atoms with Crippen molar-refractivity contribution < 1.29 is 0 Å². The minimum atomic E-state index is 0.749. The van der Waals surface area contributed by atoms with Crippen LogP contribution in [-0.2, 0) is 0 Å². The molecular formula is C16H17N5. The van der Waals surface area contributed by atoms with Crippen molar-refractivity contribution in [3.05, 3.63) is 47.8 Å². The molecule has 1 aromatic heterocycles. The number of aromatic nitrogens is 2. The van der Waals surface area contributed by atoms with Gasteiger partial charge in [0.1, 0.15) is 6.07 Å². The topological polar surface area (TPSA) is 56.1 Å². The standard InChI is InChI=1S/C16H17N5/c1-13-3-4-15(14(11-13)12-17)20-7-9-21(10-8-20)16-18-5-2-6-19-16/h2-6,11H,7-10H2,1H3. The Balaban J connectivity index is 1.73. The fourth-order valence-corrected chi connectivity index (χ4v) is 2.62. The Hall–Kier alpha value is -2.61. The van der Waals surface area contributed by atoms with Gasteiger partial charge >= 0.3 is 0 Å². The van der Waals surface area contributed by atoms with E-state index in [9.17, 15) is 5.26 Å². The van der Waals surface area contributed by atoms with Crippen LogP contribution in [0.25, 0.3) is 0 Å². The second-order valence-electron chi connectivity index (χ2n) is 5.16. The SMILES string of the molecule is Cc1ccc(N2CCN(c3ncccn3)CC2)c(C#N)c1. The number of hydrogen-bond donors (Lipinski definition) is 0. The predicted octanol–water partition coefficient (Wildman–Crippen LogP) is 1.98. The summed E-state index contributed by atoms with van der Waals surface area (Å²) in [5.74, 6) is 0.779. The van der Waals surface area contributed by atoms with E-state index in [4.69, 9.17) is 0 Å². The van der Waals surface area contributed by atoms with Crippen molar-refractivity contribution in [1.82, 2.24) is 9.97 Å². The monoisotopic (exact) mass is 279 g/mol. The molecule has 0 amide bonds. The van der Waals surface area contributed by atoms with Crippen LogP contribution in [0.2, 0.25) is 0 Å². The molecule has 0 N–H and O–H groups in total. The summed E-state index contributed by atoms with van der Waals surface area (Å²) < 4.78 is 0. The van der Waals surface area contributed by atoms with Gasteiger partial charge in [0.05, 0.1) is 11.3 Å². The molecule has 0 aliphatic carbocycles. The third-order valence-electron chi connectivity index (χ3n) is 3.73. The predicted molar refractivity (Wildman–Crippen MR) is 82.4 cm³/mol. The molecule has 5 heteroatoms. The van der Waals surface area contributed by atoms with E-state index in [2.05, 4.69) is 31.9 Å². The molecule has 2 aromatic rings. The number of rotatable bonds is 2. The lowest BCUT2D eigenvalue weighted by Gasteiger charge is -2.36. The summed E-state index contributed by atoms with van der Waals surface area (Å²) in [5, 5.41) is 9.30. The number of benzene rings is 1. The molecule has 0 atom stereocenters. The van der Waals surface area contributed by atoms with Gasteiger partial charge in [0, 0.05) is 38.6 Å². The second-order valence-corrected chi connectivity index (χ2v) is 5.16. The molecule has 0 spiro atoms. The highest BCUT2D eigenvalue weighted by Crippen LogP contribution is 2.23. The Bertz CT molecular complexity index is 654. The number of aryl methyl sites for hydroxylation is 1. The fraction of sp³-hybridized carbons (Fsp3) is 0.312. The third-order valence-corrected chi connectivity index (χ3v) is 3.73.